The highest BCUT2D eigenvalue weighted by atomic mass is 16.4. The van der Waals surface area contributed by atoms with Crippen LogP contribution in [0.1, 0.15) is 35.7 Å². The number of hydrogen-bond acceptors (Lipinski definition) is 5. The number of nitrogens with one attached hydrogen (secondary N) is 2. The fraction of sp³-hybridized carbons (Fsp3) is 0.400. The average Bonchev–Trinajstić information content (AvgIpc) is 3.33. The molecule has 2 amide bonds. The molecule has 4 N–H and O–H groups in total. The van der Waals surface area contributed by atoms with Crippen LogP contribution >= 0.6 is 0 Å². The molecule has 4 atom stereocenters. The summed E-state index contributed by atoms with van der Waals surface area (Å²) in [5, 5.41) is 26.2. The van der Waals surface area contributed by atoms with Crippen molar-refractivity contribution in [3.63, 3.8) is 0 Å². The third-order valence-electron chi connectivity index (χ3n) is 5.94. The molecule has 0 aromatic heterocycles. The first kappa shape index (κ1) is 24.4. The van der Waals surface area contributed by atoms with Gasteiger partial charge in [0.25, 0.3) is 5.91 Å². The summed E-state index contributed by atoms with van der Waals surface area (Å²) in [5.74, 6) is -1.60. The number of benzene rings is 2. The molecule has 1 heterocycles. The fourth-order valence-corrected chi connectivity index (χ4v) is 4.06. The number of amides is 2. The molecule has 2 aromatic carbocycles. The lowest BCUT2D eigenvalue weighted by molar-refractivity contribution is -0.148. The number of carbonyl (C=O) groups excluding carboxylic acids is 2. The molecule has 33 heavy (non-hydrogen) atoms. The van der Waals surface area contributed by atoms with Crippen LogP contribution in [0.15, 0.2) is 60.7 Å². The summed E-state index contributed by atoms with van der Waals surface area (Å²) in [6, 6.07) is 16.3. The molecule has 0 saturated carbocycles. The molecule has 1 aliphatic rings. The Morgan fingerprint density at radius 2 is 1.70 bits per heavy atom. The highest BCUT2D eigenvalue weighted by molar-refractivity contribution is 5.94. The van der Waals surface area contributed by atoms with Crippen molar-refractivity contribution in [2.24, 2.45) is 0 Å². The van der Waals surface area contributed by atoms with E-state index in [4.69, 9.17) is 0 Å². The van der Waals surface area contributed by atoms with Crippen LogP contribution in [0.3, 0.4) is 0 Å². The zero-order valence-corrected chi connectivity index (χ0v) is 18.7. The van der Waals surface area contributed by atoms with Crippen molar-refractivity contribution < 1.29 is 24.6 Å². The number of aliphatic hydroxyl groups excluding tert-OH is 1. The van der Waals surface area contributed by atoms with Crippen molar-refractivity contribution in [2.75, 3.05) is 13.1 Å². The van der Waals surface area contributed by atoms with E-state index in [1.165, 1.54) is 4.90 Å². The molecule has 8 heteroatoms. The van der Waals surface area contributed by atoms with E-state index in [2.05, 4.69) is 10.6 Å². The lowest BCUT2D eigenvalue weighted by Gasteiger charge is -2.28. The smallest absolute Gasteiger partial charge is 0.326 e. The zero-order valence-electron chi connectivity index (χ0n) is 18.7. The van der Waals surface area contributed by atoms with Crippen molar-refractivity contribution in [2.45, 2.75) is 50.4 Å². The molecule has 8 nitrogen and oxygen atoms in total. The lowest BCUT2D eigenvalue weighted by atomic mass is 10.00. The second-order valence-corrected chi connectivity index (χ2v) is 8.36. The largest absolute Gasteiger partial charge is 0.480 e. The molecule has 3 rings (SSSR count). The molecular formula is C25H31N3O5. The fourth-order valence-electron chi connectivity index (χ4n) is 4.06. The van der Waals surface area contributed by atoms with Gasteiger partial charge in [0, 0.05) is 18.7 Å². The SMILES string of the molecule is CC(NCC(O)C(Cc1ccccc1)NC(=O)c1ccccc1)C(=O)N1CCCC1C(=O)O. The molecule has 1 fully saturated rings. The van der Waals surface area contributed by atoms with Gasteiger partial charge in [-0.15, -0.1) is 0 Å². The van der Waals surface area contributed by atoms with Gasteiger partial charge in [-0.25, -0.2) is 4.79 Å². The van der Waals surface area contributed by atoms with Gasteiger partial charge in [-0.05, 0) is 43.9 Å². The summed E-state index contributed by atoms with van der Waals surface area (Å²) in [6.07, 6.45) is 0.545. The normalized spacial score (nSPS) is 18.4. The van der Waals surface area contributed by atoms with E-state index < -0.39 is 30.2 Å². The molecule has 0 spiro atoms. The second kappa shape index (κ2) is 11.6. The molecule has 2 aromatic rings. The van der Waals surface area contributed by atoms with Crippen LogP contribution in [0.5, 0.6) is 0 Å². The van der Waals surface area contributed by atoms with E-state index in [1.807, 2.05) is 36.4 Å². The quantitative estimate of drug-likeness (QED) is 0.432. The topological polar surface area (TPSA) is 119 Å². The summed E-state index contributed by atoms with van der Waals surface area (Å²) >= 11 is 0. The number of aliphatic hydroxyl groups is 1. The summed E-state index contributed by atoms with van der Waals surface area (Å²) < 4.78 is 0. The van der Waals surface area contributed by atoms with Gasteiger partial charge in [0.2, 0.25) is 5.91 Å². The number of carboxylic acid groups (broad SMARTS) is 1. The number of aliphatic carboxylic acids is 1. The Bertz CT molecular complexity index is 938. The maximum absolute atomic E-state index is 12.7. The number of nitrogens with zero attached hydrogens (tertiary/aromatic N) is 1. The zero-order chi connectivity index (χ0) is 23.8. The van der Waals surface area contributed by atoms with Crippen LogP contribution in [-0.2, 0) is 16.0 Å². The van der Waals surface area contributed by atoms with Gasteiger partial charge in [-0.3, -0.25) is 9.59 Å². The van der Waals surface area contributed by atoms with Gasteiger partial charge in [0.1, 0.15) is 6.04 Å². The predicted molar refractivity (Wildman–Crippen MR) is 124 cm³/mol. The Morgan fingerprint density at radius 3 is 2.33 bits per heavy atom. The third kappa shape index (κ3) is 6.63. The van der Waals surface area contributed by atoms with E-state index in [9.17, 15) is 24.6 Å². The third-order valence-corrected chi connectivity index (χ3v) is 5.94. The highest BCUT2D eigenvalue weighted by Gasteiger charge is 2.36. The summed E-state index contributed by atoms with van der Waals surface area (Å²) in [5.41, 5.74) is 1.45. The number of likely N-dealkylation sites (tertiary alicyclic amines) is 1. The molecule has 176 valence electrons. The average molecular weight is 454 g/mol. The molecular weight excluding hydrogens is 422 g/mol. The van der Waals surface area contributed by atoms with Crippen molar-refractivity contribution >= 4 is 17.8 Å². The standard InChI is InChI=1S/C25H31N3O5/c1-17(24(31)28-14-8-13-21(28)25(32)33)26-16-22(29)20(15-18-9-4-2-5-10-18)27-23(30)19-11-6-3-7-12-19/h2-7,9-12,17,20-22,26,29H,8,13-16H2,1H3,(H,27,30)(H,32,33). The molecule has 1 saturated heterocycles. The first-order valence-electron chi connectivity index (χ1n) is 11.2. The van der Waals surface area contributed by atoms with Gasteiger partial charge in [-0.2, -0.15) is 0 Å². The summed E-state index contributed by atoms with van der Waals surface area (Å²) in [4.78, 5) is 38.2. The molecule has 1 aliphatic heterocycles. The van der Waals surface area contributed by atoms with E-state index >= 15 is 0 Å². The van der Waals surface area contributed by atoms with Crippen LogP contribution < -0.4 is 10.6 Å². The van der Waals surface area contributed by atoms with Crippen molar-refractivity contribution in [3.8, 4) is 0 Å². The monoisotopic (exact) mass is 453 g/mol. The maximum Gasteiger partial charge on any atom is 0.326 e. The molecule has 0 bridgehead atoms. The van der Waals surface area contributed by atoms with E-state index in [0.29, 0.717) is 31.4 Å². The minimum absolute atomic E-state index is 0.0606. The minimum atomic E-state index is -1.00. The van der Waals surface area contributed by atoms with Crippen LogP contribution in [0.2, 0.25) is 0 Å². The number of carboxylic acids is 1. The van der Waals surface area contributed by atoms with Crippen LogP contribution in [0.25, 0.3) is 0 Å². The summed E-state index contributed by atoms with van der Waals surface area (Å²) in [7, 11) is 0. The van der Waals surface area contributed by atoms with Crippen molar-refractivity contribution in [1.82, 2.24) is 15.5 Å². The summed E-state index contributed by atoms with van der Waals surface area (Å²) in [6.45, 7) is 2.13. The molecule has 0 aliphatic carbocycles. The molecule has 4 unspecified atom stereocenters. The van der Waals surface area contributed by atoms with Crippen LogP contribution in [-0.4, -0.2) is 70.2 Å². The molecule has 0 radical (unpaired) electrons. The number of rotatable bonds is 10. The Labute approximate surface area is 193 Å². The Morgan fingerprint density at radius 1 is 1.06 bits per heavy atom. The van der Waals surface area contributed by atoms with E-state index in [1.54, 1.807) is 31.2 Å². The maximum atomic E-state index is 12.7. The number of carbonyl (C=O) groups is 3. The van der Waals surface area contributed by atoms with E-state index in [0.717, 1.165) is 5.56 Å². The minimum Gasteiger partial charge on any atom is -0.480 e. The first-order chi connectivity index (χ1) is 15.9. The van der Waals surface area contributed by atoms with Gasteiger partial charge < -0.3 is 25.7 Å². The van der Waals surface area contributed by atoms with Gasteiger partial charge in [-0.1, -0.05) is 48.5 Å². The Balaban J connectivity index is 1.63. The van der Waals surface area contributed by atoms with Crippen molar-refractivity contribution in [3.05, 3.63) is 71.8 Å². The second-order valence-electron chi connectivity index (χ2n) is 8.36. The predicted octanol–water partition coefficient (Wildman–Crippen LogP) is 1.44. The van der Waals surface area contributed by atoms with Crippen molar-refractivity contribution in [1.29, 1.82) is 0 Å². The highest BCUT2D eigenvalue weighted by Crippen LogP contribution is 2.18. The Hall–Kier alpha value is -3.23. The van der Waals surface area contributed by atoms with Crippen LogP contribution in [0.4, 0.5) is 0 Å². The Kier molecular flexibility index (Phi) is 8.57. The van der Waals surface area contributed by atoms with E-state index in [-0.39, 0.29) is 18.4 Å². The first-order valence-corrected chi connectivity index (χ1v) is 11.2. The van der Waals surface area contributed by atoms with Crippen LogP contribution in [0, 0.1) is 0 Å². The van der Waals surface area contributed by atoms with Gasteiger partial charge in [0.15, 0.2) is 0 Å². The van der Waals surface area contributed by atoms with Gasteiger partial charge in [0.05, 0.1) is 18.2 Å². The van der Waals surface area contributed by atoms with Gasteiger partial charge >= 0.3 is 5.97 Å². The lowest BCUT2D eigenvalue weighted by Crippen LogP contribution is -2.53. The number of hydrogen-bond donors (Lipinski definition) is 4.